The number of benzene rings is 1. The van der Waals surface area contributed by atoms with Crippen LogP contribution in [0.1, 0.15) is 13.8 Å². The summed E-state index contributed by atoms with van der Waals surface area (Å²) in [5.41, 5.74) is 1.15. The summed E-state index contributed by atoms with van der Waals surface area (Å²) < 4.78 is 0. The Bertz CT molecular complexity index is 340. The lowest BCUT2D eigenvalue weighted by atomic mass is 10.1. The minimum absolute atomic E-state index is 0.501. The minimum atomic E-state index is 0.501. The van der Waals surface area contributed by atoms with Crippen molar-refractivity contribution in [1.82, 2.24) is 5.32 Å². The molecular formula is C12H17ClN2. The number of nitrogens with zero attached hydrogens (tertiary/aromatic N) is 1. The average Bonchev–Trinajstić information content (AvgIpc) is 2.23. The summed E-state index contributed by atoms with van der Waals surface area (Å²) in [6.07, 6.45) is 0. The fraction of sp³-hybridized carbons (Fsp3) is 0.500. The number of nitrogens with one attached hydrogen (secondary N) is 1. The molecule has 0 saturated carbocycles. The standard InChI is InChI=1S/C12H17ClN2/c1-9-8-15(10(2)7-14-9)12-6-4-3-5-11(12)13/h3-6,9-10,14H,7-8H2,1-2H3. The van der Waals surface area contributed by atoms with Crippen LogP contribution in [-0.4, -0.2) is 25.2 Å². The molecule has 1 aliphatic heterocycles. The van der Waals surface area contributed by atoms with Gasteiger partial charge in [-0.1, -0.05) is 23.7 Å². The monoisotopic (exact) mass is 224 g/mol. The Morgan fingerprint density at radius 1 is 1.33 bits per heavy atom. The van der Waals surface area contributed by atoms with Crippen LogP contribution in [0.4, 0.5) is 5.69 Å². The number of rotatable bonds is 1. The highest BCUT2D eigenvalue weighted by Gasteiger charge is 2.23. The Labute approximate surface area is 96.2 Å². The maximum absolute atomic E-state index is 6.21. The summed E-state index contributed by atoms with van der Waals surface area (Å²) in [5.74, 6) is 0. The Kier molecular flexibility index (Phi) is 3.17. The fourth-order valence-corrected chi connectivity index (χ4v) is 2.29. The van der Waals surface area contributed by atoms with E-state index in [1.165, 1.54) is 0 Å². The van der Waals surface area contributed by atoms with Crippen LogP contribution in [0.15, 0.2) is 24.3 Å². The second kappa shape index (κ2) is 4.42. The topological polar surface area (TPSA) is 15.3 Å². The van der Waals surface area contributed by atoms with Crippen LogP contribution in [-0.2, 0) is 0 Å². The zero-order valence-corrected chi connectivity index (χ0v) is 9.96. The van der Waals surface area contributed by atoms with Gasteiger partial charge >= 0.3 is 0 Å². The van der Waals surface area contributed by atoms with E-state index in [1.807, 2.05) is 18.2 Å². The number of hydrogen-bond donors (Lipinski definition) is 1. The minimum Gasteiger partial charge on any atom is -0.365 e. The molecule has 0 bridgehead atoms. The molecule has 1 aromatic rings. The Morgan fingerprint density at radius 3 is 2.80 bits per heavy atom. The zero-order valence-electron chi connectivity index (χ0n) is 9.20. The van der Waals surface area contributed by atoms with Crippen molar-refractivity contribution in [3.05, 3.63) is 29.3 Å². The zero-order chi connectivity index (χ0) is 10.8. The van der Waals surface area contributed by atoms with E-state index in [0.29, 0.717) is 12.1 Å². The van der Waals surface area contributed by atoms with Gasteiger partial charge in [0.25, 0.3) is 0 Å². The summed E-state index contributed by atoms with van der Waals surface area (Å²) >= 11 is 6.21. The van der Waals surface area contributed by atoms with Crippen LogP contribution in [0, 0.1) is 0 Å². The molecule has 82 valence electrons. The molecule has 2 rings (SSSR count). The van der Waals surface area contributed by atoms with E-state index in [-0.39, 0.29) is 0 Å². The molecule has 0 amide bonds. The molecule has 0 spiro atoms. The molecule has 1 aliphatic rings. The quantitative estimate of drug-likeness (QED) is 0.789. The van der Waals surface area contributed by atoms with Gasteiger partial charge < -0.3 is 10.2 Å². The van der Waals surface area contributed by atoms with Crippen LogP contribution in [0.2, 0.25) is 5.02 Å². The molecule has 1 saturated heterocycles. The second-order valence-electron chi connectivity index (χ2n) is 4.26. The third kappa shape index (κ3) is 2.27. The molecule has 0 radical (unpaired) electrons. The number of para-hydroxylation sites is 1. The lowest BCUT2D eigenvalue weighted by Crippen LogP contribution is -2.54. The molecule has 2 nitrogen and oxygen atoms in total. The van der Waals surface area contributed by atoms with Crippen LogP contribution < -0.4 is 10.2 Å². The van der Waals surface area contributed by atoms with Crippen molar-refractivity contribution < 1.29 is 0 Å². The predicted octanol–water partition coefficient (Wildman–Crippen LogP) is 2.53. The van der Waals surface area contributed by atoms with Crippen LogP contribution >= 0.6 is 11.6 Å². The van der Waals surface area contributed by atoms with Gasteiger partial charge in [-0.3, -0.25) is 0 Å². The third-order valence-electron chi connectivity index (χ3n) is 2.93. The highest BCUT2D eigenvalue weighted by Crippen LogP contribution is 2.27. The van der Waals surface area contributed by atoms with Gasteiger partial charge in [0.05, 0.1) is 10.7 Å². The Hall–Kier alpha value is -0.730. The van der Waals surface area contributed by atoms with E-state index >= 15 is 0 Å². The van der Waals surface area contributed by atoms with E-state index in [4.69, 9.17) is 11.6 Å². The van der Waals surface area contributed by atoms with E-state index in [0.717, 1.165) is 23.8 Å². The largest absolute Gasteiger partial charge is 0.365 e. The average molecular weight is 225 g/mol. The highest BCUT2D eigenvalue weighted by molar-refractivity contribution is 6.33. The normalized spacial score (nSPS) is 26.7. The van der Waals surface area contributed by atoms with Crippen molar-refractivity contribution in [2.45, 2.75) is 25.9 Å². The smallest absolute Gasteiger partial charge is 0.0639 e. The number of anilines is 1. The molecule has 1 aromatic carbocycles. The summed E-state index contributed by atoms with van der Waals surface area (Å²) in [6.45, 7) is 6.47. The van der Waals surface area contributed by atoms with E-state index in [1.54, 1.807) is 0 Å². The lowest BCUT2D eigenvalue weighted by molar-refractivity contribution is 0.425. The maximum atomic E-state index is 6.21. The Balaban J connectivity index is 2.25. The molecule has 1 fully saturated rings. The van der Waals surface area contributed by atoms with E-state index in [9.17, 15) is 0 Å². The van der Waals surface area contributed by atoms with Gasteiger partial charge in [0.15, 0.2) is 0 Å². The van der Waals surface area contributed by atoms with E-state index in [2.05, 4.69) is 30.1 Å². The molecule has 1 heterocycles. The fourth-order valence-electron chi connectivity index (χ4n) is 2.04. The molecule has 15 heavy (non-hydrogen) atoms. The first-order chi connectivity index (χ1) is 7.18. The van der Waals surface area contributed by atoms with Gasteiger partial charge in [0.2, 0.25) is 0 Å². The number of halogens is 1. The summed E-state index contributed by atoms with van der Waals surface area (Å²) in [4.78, 5) is 2.38. The first kappa shape index (κ1) is 10.8. The highest BCUT2D eigenvalue weighted by atomic mass is 35.5. The van der Waals surface area contributed by atoms with Crippen molar-refractivity contribution in [3.63, 3.8) is 0 Å². The van der Waals surface area contributed by atoms with Gasteiger partial charge in [0, 0.05) is 25.2 Å². The molecule has 0 aliphatic carbocycles. The predicted molar refractivity (Wildman–Crippen MR) is 65.7 cm³/mol. The number of hydrogen-bond acceptors (Lipinski definition) is 2. The molecule has 2 atom stereocenters. The van der Waals surface area contributed by atoms with Crippen LogP contribution in [0.3, 0.4) is 0 Å². The van der Waals surface area contributed by atoms with E-state index < -0.39 is 0 Å². The second-order valence-corrected chi connectivity index (χ2v) is 4.67. The molecule has 1 N–H and O–H groups in total. The first-order valence-corrected chi connectivity index (χ1v) is 5.81. The van der Waals surface area contributed by atoms with Crippen molar-refractivity contribution in [1.29, 1.82) is 0 Å². The molecule has 2 unspecified atom stereocenters. The van der Waals surface area contributed by atoms with Gasteiger partial charge in [0.1, 0.15) is 0 Å². The van der Waals surface area contributed by atoms with Crippen LogP contribution in [0.25, 0.3) is 0 Å². The third-order valence-corrected chi connectivity index (χ3v) is 3.25. The molecular weight excluding hydrogens is 208 g/mol. The lowest BCUT2D eigenvalue weighted by Gasteiger charge is -2.39. The first-order valence-electron chi connectivity index (χ1n) is 5.43. The SMILES string of the molecule is CC1CN(c2ccccc2Cl)C(C)CN1. The van der Waals surface area contributed by atoms with Gasteiger partial charge in [-0.25, -0.2) is 0 Å². The number of piperazine rings is 1. The van der Waals surface area contributed by atoms with Crippen LogP contribution in [0.5, 0.6) is 0 Å². The van der Waals surface area contributed by atoms with Crippen molar-refractivity contribution >= 4 is 17.3 Å². The van der Waals surface area contributed by atoms with Crippen molar-refractivity contribution in [2.24, 2.45) is 0 Å². The Morgan fingerprint density at radius 2 is 2.07 bits per heavy atom. The van der Waals surface area contributed by atoms with Gasteiger partial charge in [-0.15, -0.1) is 0 Å². The molecule has 0 aromatic heterocycles. The van der Waals surface area contributed by atoms with Gasteiger partial charge in [-0.05, 0) is 26.0 Å². The van der Waals surface area contributed by atoms with Gasteiger partial charge in [-0.2, -0.15) is 0 Å². The summed E-state index contributed by atoms with van der Waals surface area (Å²) in [5, 5.41) is 4.31. The summed E-state index contributed by atoms with van der Waals surface area (Å²) in [7, 11) is 0. The maximum Gasteiger partial charge on any atom is 0.0639 e. The van der Waals surface area contributed by atoms with Crippen molar-refractivity contribution in [3.8, 4) is 0 Å². The van der Waals surface area contributed by atoms with Crippen molar-refractivity contribution in [2.75, 3.05) is 18.0 Å². The molecule has 3 heteroatoms. The summed E-state index contributed by atoms with van der Waals surface area (Å²) in [6, 6.07) is 9.09.